The molecule has 2 aliphatic heterocycles. The molecule has 1 aromatic rings. The molecule has 0 aromatic heterocycles. The zero-order valence-electron chi connectivity index (χ0n) is 15.2. The van der Waals surface area contributed by atoms with Crippen molar-refractivity contribution >= 4 is 44.7 Å². The van der Waals surface area contributed by atoms with Crippen LogP contribution in [0.5, 0.6) is 0 Å². The number of nitrogens with zero attached hydrogens (tertiary/aromatic N) is 2. The van der Waals surface area contributed by atoms with E-state index in [0.717, 1.165) is 10.0 Å². The van der Waals surface area contributed by atoms with Crippen molar-refractivity contribution in [2.75, 3.05) is 6.61 Å². The summed E-state index contributed by atoms with van der Waals surface area (Å²) in [5.74, 6) is -0.225. The first-order valence-electron chi connectivity index (χ1n) is 8.51. The lowest BCUT2D eigenvalue weighted by molar-refractivity contribution is -0.141. The Balaban J connectivity index is 2.08. The number of rotatable bonds is 4. The van der Waals surface area contributed by atoms with Gasteiger partial charge in [-0.25, -0.2) is 9.79 Å². The van der Waals surface area contributed by atoms with E-state index in [1.807, 2.05) is 45.0 Å². The van der Waals surface area contributed by atoms with Gasteiger partial charge in [0.1, 0.15) is 0 Å². The topological polar surface area (TPSA) is 59.0 Å². The third kappa shape index (κ3) is 3.60. The van der Waals surface area contributed by atoms with Crippen molar-refractivity contribution in [3.8, 4) is 0 Å². The monoisotopic (exact) mass is 436 g/mol. The number of carbonyl (C=O) groups excluding carboxylic acids is 2. The molecule has 1 aromatic carbocycles. The minimum Gasteiger partial charge on any atom is -0.462 e. The van der Waals surface area contributed by atoms with Crippen LogP contribution in [-0.2, 0) is 14.3 Å². The minimum atomic E-state index is -0.524. The van der Waals surface area contributed by atoms with E-state index in [1.165, 1.54) is 11.8 Å². The number of benzene rings is 1. The molecule has 2 atom stereocenters. The van der Waals surface area contributed by atoms with Gasteiger partial charge in [0.25, 0.3) is 0 Å². The van der Waals surface area contributed by atoms with Gasteiger partial charge < -0.3 is 4.74 Å². The molecule has 0 bridgehead atoms. The summed E-state index contributed by atoms with van der Waals surface area (Å²) in [4.78, 5) is 31.8. The van der Waals surface area contributed by atoms with Crippen molar-refractivity contribution in [2.24, 2.45) is 10.9 Å². The second-order valence-corrected chi connectivity index (χ2v) is 9.04. The molecule has 26 heavy (non-hydrogen) atoms. The van der Waals surface area contributed by atoms with Crippen LogP contribution >= 0.6 is 27.7 Å². The fourth-order valence-corrected chi connectivity index (χ4v) is 4.42. The van der Waals surface area contributed by atoms with Gasteiger partial charge in [0.15, 0.2) is 5.17 Å². The predicted octanol–water partition coefficient (Wildman–Crippen LogP) is 4.30. The molecule has 1 amide bonds. The number of hydrogen-bond donors (Lipinski definition) is 0. The average Bonchev–Trinajstić information content (AvgIpc) is 2.85. The molecule has 0 saturated carbocycles. The van der Waals surface area contributed by atoms with Gasteiger partial charge in [-0.2, -0.15) is 0 Å². The van der Waals surface area contributed by atoms with Crippen LogP contribution in [0.1, 0.15) is 39.3 Å². The number of fused-ring (bicyclic) bond motifs is 1. The lowest BCUT2D eigenvalue weighted by Gasteiger charge is -2.33. The van der Waals surface area contributed by atoms with Crippen LogP contribution in [0.2, 0.25) is 0 Å². The largest absolute Gasteiger partial charge is 0.462 e. The van der Waals surface area contributed by atoms with Crippen molar-refractivity contribution in [1.82, 2.24) is 4.90 Å². The lowest BCUT2D eigenvalue weighted by Crippen LogP contribution is -2.40. The van der Waals surface area contributed by atoms with Gasteiger partial charge in [-0.1, -0.05) is 53.7 Å². The fraction of sp³-hybridized carbons (Fsp3) is 0.421. The molecule has 0 spiro atoms. The molecule has 7 heteroatoms. The maximum atomic E-state index is 12.9. The number of thioether (sulfide) groups is 1. The summed E-state index contributed by atoms with van der Waals surface area (Å²) in [7, 11) is 0. The predicted molar refractivity (Wildman–Crippen MR) is 107 cm³/mol. The van der Waals surface area contributed by atoms with Crippen LogP contribution in [0.25, 0.3) is 0 Å². The van der Waals surface area contributed by atoms with E-state index >= 15 is 0 Å². The normalized spacial score (nSPS) is 22.6. The number of hydrogen-bond acceptors (Lipinski definition) is 5. The van der Waals surface area contributed by atoms with Gasteiger partial charge in [-0.15, -0.1) is 0 Å². The van der Waals surface area contributed by atoms with E-state index in [2.05, 4.69) is 20.9 Å². The van der Waals surface area contributed by atoms with Crippen molar-refractivity contribution in [3.05, 3.63) is 45.6 Å². The number of halogens is 1. The first-order chi connectivity index (χ1) is 12.3. The Kier molecular flexibility index (Phi) is 5.58. The second-order valence-electron chi connectivity index (χ2n) is 6.81. The molecule has 2 unspecified atom stereocenters. The summed E-state index contributed by atoms with van der Waals surface area (Å²) in [5, 5.41) is 0.424. The molecule has 2 aliphatic rings. The molecule has 5 nitrogen and oxygen atoms in total. The SMILES string of the molecule is CC1=C(C(=O)OCC(C)C)C(c2cccc(Br)c2)N2C(=O)C(C)SC2=N1. The van der Waals surface area contributed by atoms with Crippen LogP contribution < -0.4 is 0 Å². The number of aliphatic imine (C=N–C) groups is 1. The fourth-order valence-electron chi connectivity index (χ4n) is 2.98. The molecule has 3 rings (SSSR count). The van der Waals surface area contributed by atoms with E-state index in [1.54, 1.807) is 11.8 Å². The summed E-state index contributed by atoms with van der Waals surface area (Å²) >= 11 is 4.90. The van der Waals surface area contributed by atoms with Crippen molar-refractivity contribution in [3.63, 3.8) is 0 Å². The van der Waals surface area contributed by atoms with Crippen LogP contribution in [-0.4, -0.2) is 33.8 Å². The van der Waals surface area contributed by atoms with E-state index in [9.17, 15) is 9.59 Å². The van der Waals surface area contributed by atoms with E-state index in [-0.39, 0.29) is 17.1 Å². The van der Waals surface area contributed by atoms with Gasteiger partial charge in [0.05, 0.1) is 29.2 Å². The highest BCUT2D eigenvalue weighted by molar-refractivity contribution is 9.10. The van der Waals surface area contributed by atoms with E-state index < -0.39 is 12.0 Å². The van der Waals surface area contributed by atoms with Crippen molar-refractivity contribution in [1.29, 1.82) is 0 Å². The van der Waals surface area contributed by atoms with Crippen molar-refractivity contribution < 1.29 is 14.3 Å². The number of amides is 1. The smallest absolute Gasteiger partial charge is 0.338 e. The van der Waals surface area contributed by atoms with Crippen LogP contribution in [0.3, 0.4) is 0 Å². The standard InChI is InChI=1S/C19H21BrN2O3S/c1-10(2)9-25-18(24)15-11(3)21-19-22(17(23)12(4)26-19)16(15)13-6-5-7-14(20)8-13/h5-8,10,12,16H,9H2,1-4H3. The molecule has 0 radical (unpaired) electrons. The Morgan fingerprint density at radius 3 is 2.81 bits per heavy atom. The Labute approximate surface area is 166 Å². The summed E-state index contributed by atoms with van der Waals surface area (Å²) < 4.78 is 6.37. The highest BCUT2D eigenvalue weighted by Crippen LogP contribution is 2.43. The lowest BCUT2D eigenvalue weighted by atomic mass is 9.94. The summed E-state index contributed by atoms with van der Waals surface area (Å²) in [6, 6.07) is 7.14. The molecule has 2 heterocycles. The zero-order chi connectivity index (χ0) is 19.0. The van der Waals surface area contributed by atoms with Gasteiger partial charge >= 0.3 is 5.97 Å². The highest BCUT2D eigenvalue weighted by Gasteiger charge is 2.46. The Morgan fingerprint density at radius 2 is 2.15 bits per heavy atom. The molecule has 0 aliphatic carbocycles. The quantitative estimate of drug-likeness (QED) is 0.660. The van der Waals surface area contributed by atoms with Gasteiger partial charge in [-0.05, 0) is 37.5 Å². The minimum absolute atomic E-state index is 0.0413. The first-order valence-corrected chi connectivity index (χ1v) is 10.2. The molecular formula is C19H21BrN2O3S. The number of amidine groups is 1. The van der Waals surface area contributed by atoms with Crippen LogP contribution in [0.15, 0.2) is 45.0 Å². The summed E-state index contributed by atoms with van der Waals surface area (Å²) in [5.41, 5.74) is 1.88. The van der Waals surface area contributed by atoms with E-state index in [0.29, 0.717) is 23.0 Å². The summed E-state index contributed by atoms with van der Waals surface area (Å²) in [6.07, 6.45) is 0. The van der Waals surface area contributed by atoms with Gasteiger partial charge in [0, 0.05) is 4.47 Å². The van der Waals surface area contributed by atoms with Crippen LogP contribution in [0, 0.1) is 5.92 Å². The molecule has 1 fully saturated rings. The van der Waals surface area contributed by atoms with Crippen molar-refractivity contribution in [2.45, 2.75) is 39.0 Å². The molecule has 138 valence electrons. The molecular weight excluding hydrogens is 416 g/mol. The zero-order valence-corrected chi connectivity index (χ0v) is 17.6. The number of allylic oxidation sites excluding steroid dienone is 1. The third-order valence-corrected chi connectivity index (χ3v) is 5.74. The summed E-state index contributed by atoms with van der Waals surface area (Å²) in [6.45, 7) is 7.96. The van der Waals surface area contributed by atoms with Gasteiger partial charge in [-0.3, -0.25) is 9.69 Å². The second kappa shape index (κ2) is 7.56. The Bertz CT molecular complexity index is 819. The number of carbonyl (C=O) groups is 2. The van der Waals surface area contributed by atoms with Crippen LogP contribution in [0.4, 0.5) is 0 Å². The third-order valence-electron chi connectivity index (χ3n) is 4.19. The van der Waals surface area contributed by atoms with Gasteiger partial charge in [0.2, 0.25) is 5.91 Å². The molecule has 0 N–H and O–H groups in total. The Hall–Kier alpha value is -1.60. The maximum Gasteiger partial charge on any atom is 0.338 e. The maximum absolute atomic E-state index is 12.9. The number of ether oxygens (including phenoxy) is 1. The average molecular weight is 437 g/mol. The Morgan fingerprint density at radius 1 is 1.42 bits per heavy atom. The van der Waals surface area contributed by atoms with E-state index in [4.69, 9.17) is 4.74 Å². The highest BCUT2D eigenvalue weighted by atomic mass is 79.9. The number of esters is 1. The first kappa shape index (κ1) is 19.2. The molecule has 1 saturated heterocycles.